The molecule has 1 saturated carbocycles. The van der Waals surface area contributed by atoms with Crippen LogP contribution in [0.3, 0.4) is 0 Å². The molecule has 1 aliphatic carbocycles. The Morgan fingerprint density at radius 1 is 1.64 bits per heavy atom. The summed E-state index contributed by atoms with van der Waals surface area (Å²) in [4.78, 5) is 4.05. The maximum Gasteiger partial charge on any atom is 0.0945 e. The van der Waals surface area contributed by atoms with Gasteiger partial charge in [0.15, 0.2) is 0 Å². The van der Waals surface area contributed by atoms with Crippen LogP contribution in [0.5, 0.6) is 0 Å². The third kappa shape index (κ3) is 2.13. The summed E-state index contributed by atoms with van der Waals surface area (Å²) in [6.07, 6.45) is 5.56. The van der Waals surface area contributed by atoms with Crippen molar-refractivity contribution in [3.63, 3.8) is 0 Å². The van der Waals surface area contributed by atoms with Gasteiger partial charge in [0.2, 0.25) is 0 Å². The van der Waals surface area contributed by atoms with Crippen LogP contribution in [-0.2, 0) is 13.6 Å². The van der Waals surface area contributed by atoms with Crippen molar-refractivity contribution in [2.24, 2.45) is 13.0 Å². The quantitative estimate of drug-likeness (QED) is 0.725. The van der Waals surface area contributed by atoms with Gasteiger partial charge in [-0.1, -0.05) is 0 Å². The zero-order chi connectivity index (χ0) is 9.97. The van der Waals surface area contributed by atoms with E-state index in [0.717, 1.165) is 25.9 Å². The van der Waals surface area contributed by atoms with Gasteiger partial charge in [-0.2, -0.15) is 0 Å². The molecule has 0 aliphatic heterocycles. The van der Waals surface area contributed by atoms with Crippen LogP contribution in [0, 0.1) is 5.92 Å². The number of aliphatic hydroxyl groups is 1. The highest BCUT2D eigenvalue weighted by Gasteiger charge is 2.26. The summed E-state index contributed by atoms with van der Waals surface area (Å²) >= 11 is 0. The Labute approximate surface area is 84.0 Å². The molecule has 0 bridgehead atoms. The molecule has 78 valence electrons. The number of nitrogens with one attached hydrogen (secondary N) is 1. The SMILES string of the molecule is Cn1cncc1CNCC1CC(O)C1. The molecule has 14 heavy (non-hydrogen) atoms. The van der Waals surface area contributed by atoms with Gasteiger partial charge in [0, 0.05) is 19.8 Å². The summed E-state index contributed by atoms with van der Waals surface area (Å²) in [5.41, 5.74) is 1.20. The van der Waals surface area contributed by atoms with E-state index >= 15 is 0 Å². The van der Waals surface area contributed by atoms with Gasteiger partial charge in [0.05, 0.1) is 18.1 Å². The molecule has 0 aromatic carbocycles. The summed E-state index contributed by atoms with van der Waals surface area (Å²) < 4.78 is 2.02. The van der Waals surface area contributed by atoms with Crippen molar-refractivity contribution in [2.45, 2.75) is 25.5 Å². The first kappa shape index (κ1) is 9.68. The van der Waals surface area contributed by atoms with Crippen LogP contribution in [-0.4, -0.2) is 27.3 Å². The van der Waals surface area contributed by atoms with E-state index in [2.05, 4.69) is 10.3 Å². The largest absolute Gasteiger partial charge is 0.393 e. The minimum absolute atomic E-state index is 0.0431. The first-order valence-electron chi connectivity index (χ1n) is 5.09. The van der Waals surface area contributed by atoms with Crippen molar-refractivity contribution in [1.29, 1.82) is 0 Å². The van der Waals surface area contributed by atoms with Gasteiger partial charge >= 0.3 is 0 Å². The first-order chi connectivity index (χ1) is 6.75. The van der Waals surface area contributed by atoms with Crippen molar-refractivity contribution in [1.82, 2.24) is 14.9 Å². The Hall–Kier alpha value is -0.870. The molecule has 1 heterocycles. The number of hydrogen-bond acceptors (Lipinski definition) is 3. The Morgan fingerprint density at radius 3 is 3.00 bits per heavy atom. The van der Waals surface area contributed by atoms with Crippen LogP contribution in [0.1, 0.15) is 18.5 Å². The number of aliphatic hydroxyl groups excluding tert-OH is 1. The minimum atomic E-state index is -0.0431. The zero-order valence-electron chi connectivity index (χ0n) is 8.48. The monoisotopic (exact) mass is 195 g/mol. The molecule has 0 radical (unpaired) electrons. The van der Waals surface area contributed by atoms with Crippen LogP contribution in [0.15, 0.2) is 12.5 Å². The number of aryl methyl sites for hydroxylation is 1. The molecule has 0 unspecified atom stereocenters. The number of imidazole rings is 1. The third-order valence-electron chi connectivity index (χ3n) is 2.87. The first-order valence-corrected chi connectivity index (χ1v) is 5.09. The van der Waals surface area contributed by atoms with Crippen molar-refractivity contribution < 1.29 is 5.11 Å². The van der Waals surface area contributed by atoms with E-state index in [4.69, 9.17) is 5.11 Å². The van der Waals surface area contributed by atoms with Crippen molar-refractivity contribution >= 4 is 0 Å². The predicted octanol–water partition coefficient (Wildman–Crippen LogP) is 0.281. The number of rotatable bonds is 4. The number of aromatic nitrogens is 2. The Kier molecular flexibility index (Phi) is 2.84. The fourth-order valence-electron chi connectivity index (χ4n) is 1.83. The topological polar surface area (TPSA) is 50.1 Å². The van der Waals surface area contributed by atoms with Gasteiger partial charge in [-0.25, -0.2) is 4.98 Å². The molecule has 0 amide bonds. The van der Waals surface area contributed by atoms with Gasteiger partial charge in [-0.05, 0) is 25.3 Å². The number of hydrogen-bond donors (Lipinski definition) is 2. The molecule has 2 N–H and O–H groups in total. The molecule has 1 aromatic rings. The van der Waals surface area contributed by atoms with E-state index in [1.165, 1.54) is 5.69 Å². The average molecular weight is 195 g/mol. The highest BCUT2D eigenvalue weighted by Crippen LogP contribution is 2.26. The zero-order valence-corrected chi connectivity index (χ0v) is 8.48. The van der Waals surface area contributed by atoms with Crippen LogP contribution in [0.25, 0.3) is 0 Å². The highest BCUT2D eigenvalue weighted by atomic mass is 16.3. The Bertz CT molecular complexity index is 291. The lowest BCUT2D eigenvalue weighted by molar-refractivity contribution is 0.0429. The fourth-order valence-corrected chi connectivity index (χ4v) is 1.83. The van der Waals surface area contributed by atoms with Crippen molar-refractivity contribution in [3.05, 3.63) is 18.2 Å². The van der Waals surface area contributed by atoms with E-state index in [0.29, 0.717) is 5.92 Å². The van der Waals surface area contributed by atoms with E-state index in [-0.39, 0.29) is 6.10 Å². The second-order valence-electron chi connectivity index (χ2n) is 4.12. The maximum atomic E-state index is 9.10. The third-order valence-corrected chi connectivity index (χ3v) is 2.87. The molecule has 1 aromatic heterocycles. The van der Waals surface area contributed by atoms with Gasteiger partial charge in [-0.3, -0.25) is 0 Å². The molecule has 1 fully saturated rings. The second kappa shape index (κ2) is 4.11. The Morgan fingerprint density at radius 2 is 2.43 bits per heavy atom. The molecule has 4 heteroatoms. The normalized spacial score (nSPS) is 26.1. The molecule has 0 atom stereocenters. The van der Waals surface area contributed by atoms with Crippen LogP contribution in [0.2, 0.25) is 0 Å². The smallest absolute Gasteiger partial charge is 0.0945 e. The lowest BCUT2D eigenvalue weighted by Gasteiger charge is -2.31. The van der Waals surface area contributed by atoms with Crippen molar-refractivity contribution in [3.8, 4) is 0 Å². The summed E-state index contributed by atoms with van der Waals surface area (Å²) in [5.74, 6) is 0.665. The molecular weight excluding hydrogens is 178 g/mol. The fraction of sp³-hybridized carbons (Fsp3) is 0.700. The van der Waals surface area contributed by atoms with Crippen molar-refractivity contribution in [2.75, 3.05) is 6.54 Å². The van der Waals surface area contributed by atoms with Gasteiger partial charge in [0.1, 0.15) is 0 Å². The lowest BCUT2D eigenvalue weighted by atomic mass is 9.82. The second-order valence-corrected chi connectivity index (χ2v) is 4.12. The summed E-state index contributed by atoms with van der Waals surface area (Å²) in [6.45, 7) is 1.87. The Balaban J connectivity index is 1.66. The van der Waals surface area contributed by atoms with Gasteiger partial charge < -0.3 is 15.0 Å². The van der Waals surface area contributed by atoms with E-state index in [1.807, 2.05) is 24.1 Å². The standard InChI is InChI=1S/C10H17N3O/c1-13-7-12-6-9(13)5-11-4-8-2-10(14)3-8/h6-8,10-11,14H,2-5H2,1H3. The van der Waals surface area contributed by atoms with Crippen LogP contribution >= 0.6 is 0 Å². The molecule has 0 saturated heterocycles. The van der Waals surface area contributed by atoms with E-state index in [9.17, 15) is 0 Å². The van der Waals surface area contributed by atoms with Gasteiger partial charge in [-0.15, -0.1) is 0 Å². The van der Waals surface area contributed by atoms with E-state index in [1.54, 1.807) is 0 Å². The van der Waals surface area contributed by atoms with Gasteiger partial charge in [0.25, 0.3) is 0 Å². The molecule has 4 nitrogen and oxygen atoms in total. The minimum Gasteiger partial charge on any atom is -0.393 e. The molecule has 2 rings (SSSR count). The van der Waals surface area contributed by atoms with E-state index < -0.39 is 0 Å². The highest BCUT2D eigenvalue weighted by molar-refractivity contribution is 4.96. The average Bonchev–Trinajstić information content (AvgIpc) is 2.49. The summed E-state index contributed by atoms with van der Waals surface area (Å²) in [6, 6.07) is 0. The maximum absolute atomic E-state index is 9.10. The van der Waals surface area contributed by atoms with Crippen LogP contribution in [0.4, 0.5) is 0 Å². The summed E-state index contributed by atoms with van der Waals surface area (Å²) in [5, 5.41) is 12.5. The summed E-state index contributed by atoms with van der Waals surface area (Å²) in [7, 11) is 2.00. The van der Waals surface area contributed by atoms with Crippen LogP contribution < -0.4 is 5.32 Å². The molecule has 0 spiro atoms. The number of nitrogens with zero attached hydrogens (tertiary/aromatic N) is 2. The molecular formula is C10H17N3O. The molecule has 1 aliphatic rings. The lowest BCUT2D eigenvalue weighted by Crippen LogP contribution is -2.36. The predicted molar refractivity (Wildman–Crippen MR) is 53.6 cm³/mol.